The Morgan fingerprint density at radius 2 is 1.85 bits per heavy atom. The number of nitrogens with two attached hydrogens (primary N) is 1. The van der Waals surface area contributed by atoms with Crippen LogP contribution in [0.4, 0.5) is 5.69 Å². The number of carbonyl (C=O) groups is 2. The Hall–Kier alpha value is -3.43. The molecule has 0 saturated heterocycles. The Bertz CT molecular complexity index is 1260. The first-order valence-electron chi connectivity index (χ1n) is 10.8. The first-order valence-corrected chi connectivity index (χ1v) is 12.3. The molecular formula is C24H26N4O4S. The lowest BCUT2D eigenvalue weighted by molar-refractivity contribution is -0.117. The molecule has 4 N–H and O–H groups in total. The van der Waals surface area contributed by atoms with Gasteiger partial charge in [-0.2, -0.15) is 0 Å². The third-order valence-corrected chi connectivity index (χ3v) is 6.76. The van der Waals surface area contributed by atoms with E-state index in [1.807, 2.05) is 25.1 Å². The number of hydrogen-bond donors (Lipinski definition) is 3. The van der Waals surface area contributed by atoms with Gasteiger partial charge in [0.15, 0.2) is 0 Å². The van der Waals surface area contributed by atoms with Gasteiger partial charge in [0, 0.05) is 24.4 Å². The van der Waals surface area contributed by atoms with Gasteiger partial charge in [-0.25, -0.2) is 13.6 Å². The molecule has 1 aliphatic heterocycles. The second-order valence-electron chi connectivity index (χ2n) is 7.94. The standard InChI is InChI=1S/C24H26N4O4S/c1-2-28-21-6-4-3-5-19(21)24(30)27-20-15-17(9-12-22(20)28)23(29)26-14-13-16-7-10-18(11-8-16)33(25,31)32/h3-8,10-11,15H,2,9,12-14H2,1H3,(H,26,29)(H,27,30)(H2,25,31,32). The average Bonchev–Trinajstić information content (AvgIpc) is 2.92. The molecule has 0 spiro atoms. The van der Waals surface area contributed by atoms with Crippen LogP contribution in [0.3, 0.4) is 0 Å². The van der Waals surface area contributed by atoms with Crippen molar-refractivity contribution in [1.82, 2.24) is 10.6 Å². The van der Waals surface area contributed by atoms with Gasteiger partial charge in [-0.15, -0.1) is 0 Å². The van der Waals surface area contributed by atoms with Crippen molar-refractivity contribution in [3.8, 4) is 0 Å². The minimum absolute atomic E-state index is 0.0560. The van der Waals surface area contributed by atoms with E-state index in [-0.39, 0.29) is 16.7 Å². The fourth-order valence-electron chi connectivity index (χ4n) is 4.16. The molecule has 0 atom stereocenters. The summed E-state index contributed by atoms with van der Waals surface area (Å²) in [5.74, 6) is -0.364. The van der Waals surface area contributed by atoms with Crippen molar-refractivity contribution in [2.75, 3.05) is 18.0 Å². The number of nitrogens with one attached hydrogen (secondary N) is 2. The highest BCUT2D eigenvalue weighted by molar-refractivity contribution is 7.89. The van der Waals surface area contributed by atoms with Crippen LogP contribution in [0.2, 0.25) is 0 Å². The normalized spacial score (nSPS) is 15.8. The fourth-order valence-corrected chi connectivity index (χ4v) is 4.68. The van der Waals surface area contributed by atoms with E-state index in [0.29, 0.717) is 49.2 Å². The summed E-state index contributed by atoms with van der Waals surface area (Å²) < 4.78 is 22.7. The second-order valence-corrected chi connectivity index (χ2v) is 9.50. The van der Waals surface area contributed by atoms with Crippen molar-refractivity contribution >= 4 is 27.5 Å². The van der Waals surface area contributed by atoms with Crippen LogP contribution < -0.4 is 20.7 Å². The lowest BCUT2D eigenvalue weighted by Crippen LogP contribution is -2.31. The number of para-hydroxylation sites is 1. The zero-order valence-electron chi connectivity index (χ0n) is 18.3. The monoisotopic (exact) mass is 466 g/mol. The number of hydrogen-bond acceptors (Lipinski definition) is 5. The van der Waals surface area contributed by atoms with Gasteiger partial charge in [-0.3, -0.25) is 9.59 Å². The number of primary sulfonamides is 1. The van der Waals surface area contributed by atoms with Crippen LogP contribution in [0, 0.1) is 0 Å². The predicted molar refractivity (Wildman–Crippen MR) is 126 cm³/mol. The molecule has 2 amide bonds. The zero-order valence-corrected chi connectivity index (χ0v) is 19.1. The number of anilines is 1. The molecule has 8 nitrogen and oxygen atoms in total. The fraction of sp³-hybridized carbons (Fsp3) is 0.250. The maximum absolute atomic E-state index is 12.8. The summed E-state index contributed by atoms with van der Waals surface area (Å²) in [6.45, 7) is 3.15. The van der Waals surface area contributed by atoms with Gasteiger partial charge in [0.25, 0.3) is 5.91 Å². The van der Waals surface area contributed by atoms with Gasteiger partial charge in [-0.05, 0) is 62.1 Å². The largest absolute Gasteiger partial charge is 0.352 e. The maximum atomic E-state index is 12.8. The predicted octanol–water partition coefficient (Wildman–Crippen LogP) is 2.19. The SMILES string of the molecule is CCN1C2=C(C=C(C(=O)NCCc3ccc(S(N)(=O)=O)cc3)CC2)NC(=O)c2ccccc21. The van der Waals surface area contributed by atoms with E-state index in [9.17, 15) is 18.0 Å². The number of sulfonamides is 1. The number of nitrogens with zero attached hydrogens (tertiary/aromatic N) is 1. The molecule has 33 heavy (non-hydrogen) atoms. The molecular weight excluding hydrogens is 440 g/mol. The molecule has 9 heteroatoms. The van der Waals surface area contributed by atoms with E-state index >= 15 is 0 Å². The number of amides is 2. The summed E-state index contributed by atoms with van der Waals surface area (Å²) in [6.07, 6.45) is 3.53. The molecule has 0 aromatic heterocycles. The summed E-state index contributed by atoms with van der Waals surface area (Å²) in [4.78, 5) is 27.7. The van der Waals surface area contributed by atoms with Crippen LogP contribution in [0.5, 0.6) is 0 Å². The third-order valence-electron chi connectivity index (χ3n) is 5.83. The summed E-state index contributed by atoms with van der Waals surface area (Å²) >= 11 is 0. The van der Waals surface area contributed by atoms with Crippen molar-refractivity contribution in [3.63, 3.8) is 0 Å². The van der Waals surface area contributed by atoms with E-state index < -0.39 is 10.0 Å². The molecule has 1 aliphatic carbocycles. The molecule has 0 fully saturated rings. The Morgan fingerprint density at radius 1 is 1.12 bits per heavy atom. The Kier molecular flexibility index (Phi) is 6.35. The van der Waals surface area contributed by atoms with Crippen molar-refractivity contribution in [2.45, 2.75) is 31.1 Å². The second kappa shape index (κ2) is 9.21. The van der Waals surface area contributed by atoms with Crippen LogP contribution in [0.25, 0.3) is 0 Å². The maximum Gasteiger partial charge on any atom is 0.257 e. The number of fused-ring (bicyclic) bond motifs is 1. The molecule has 0 bridgehead atoms. The van der Waals surface area contributed by atoms with Crippen LogP contribution in [-0.4, -0.2) is 33.3 Å². The Labute approximate surface area is 193 Å². The van der Waals surface area contributed by atoms with E-state index in [2.05, 4.69) is 15.5 Å². The van der Waals surface area contributed by atoms with Gasteiger partial charge in [0.05, 0.1) is 21.8 Å². The summed E-state index contributed by atoms with van der Waals surface area (Å²) in [6, 6.07) is 13.8. The summed E-state index contributed by atoms with van der Waals surface area (Å²) in [5, 5.41) is 11.0. The molecule has 0 radical (unpaired) electrons. The molecule has 172 valence electrons. The smallest absolute Gasteiger partial charge is 0.257 e. The van der Waals surface area contributed by atoms with Crippen molar-refractivity contribution < 1.29 is 18.0 Å². The van der Waals surface area contributed by atoms with Crippen LogP contribution in [0.15, 0.2) is 76.5 Å². The first kappa shape index (κ1) is 22.8. The highest BCUT2D eigenvalue weighted by Gasteiger charge is 2.28. The van der Waals surface area contributed by atoms with Crippen molar-refractivity contribution in [1.29, 1.82) is 0 Å². The van der Waals surface area contributed by atoms with Gasteiger partial charge in [-0.1, -0.05) is 24.3 Å². The molecule has 1 heterocycles. The highest BCUT2D eigenvalue weighted by atomic mass is 32.2. The van der Waals surface area contributed by atoms with E-state index in [4.69, 9.17) is 5.14 Å². The molecule has 4 rings (SSSR count). The van der Waals surface area contributed by atoms with E-state index in [1.54, 1.807) is 24.3 Å². The van der Waals surface area contributed by atoms with Crippen molar-refractivity contribution in [3.05, 3.63) is 82.7 Å². The topological polar surface area (TPSA) is 122 Å². The molecule has 0 saturated carbocycles. The minimum Gasteiger partial charge on any atom is -0.352 e. The van der Waals surface area contributed by atoms with Crippen LogP contribution in [-0.2, 0) is 21.2 Å². The minimum atomic E-state index is -3.72. The third kappa shape index (κ3) is 4.84. The summed E-state index contributed by atoms with van der Waals surface area (Å²) in [7, 11) is -3.72. The van der Waals surface area contributed by atoms with Gasteiger partial charge in [0.1, 0.15) is 0 Å². The Balaban J connectivity index is 1.44. The number of benzene rings is 2. The lowest BCUT2D eigenvalue weighted by Gasteiger charge is -2.29. The van der Waals surface area contributed by atoms with Gasteiger partial charge >= 0.3 is 0 Å². The average molecular weight is 467 g/mol. The molecule has 2 aromatic carbocycles. The number of rotatable bonds is 6. The van der Waals surface area contributed by atoms with E-state index in [1.165, 1.54) is 12.1 Å². The van der Waals surface area contributed by atoms with Crippen LogP contribution in [0.1, 0.15) is 35.7 Å². The number of allylic oxidation sites excluding steroid dienone is 2. The molecule has 2 aromatic rings. The lowest BCUT2D eigenvalue weighted by atomic mass is 9.98. The summed E-state index contributed by atoms with van der Waals surface area (Å²) in [5.41, 5.74) is 4.65. The van der Waals surface area contributed by atoms with Crippen LogP contribution >= 0.6 is 0 Å². The first-order chi connectivity index (χ1) is 15.8. The quantitative estimate of drug-likeness (QED) is 0.603. The van der Waals surface area contributed by atoms with Gasteiger partial charge < -0.3 is 15.5 Å². The molecule has 2 aliphatic rings. The molecule has 0 unspecified atom stereocenters. The van der Waals surface area contributed by atoms with Gasteiger partial charge in [0.2, 0.25) is 15.9 Å². The van der Waals surface area contributed by atoms with E-state index in [0.717, 1.165) is 16.9 Å². The highest BCUT2D eigenvalue weighted by Crippen LogP contribution is 2.34. The Morgan fingerprint density at radius 3 is 2.55 bits per heavy atom. The van der Waals surface area contributed by atoms with Crippen molar-refractivity contribution in [2.24, 2.45) is 5.14 Å². The zero-order chi connectivity index (χ0) is 23.6. The number of carbonyl (C=O) groups excluding carboxylic acids is 2.